The minimum Gasteiger partial charge on any atom is -0.496 e. The van der Waals surface area contributed by atoms with Crippen LogP contribution in [0.25, 0.3) is 0 Å². The molecule has 1 N–H and O–H groups in total. The van der Waals surface area contributed by atoms with Crippen molar-refractivity contribution in [3.05, 3.63) is 12.1 Å². The SMILES string of the molecule is COc1cc(SC)c(OC)cc1NC(C)C#N. The van der Waals surface area contributed by atoms with E-state index in [9.17, 15) is 0 Å². The highest BCUT2D eigenvalue weighted by Gasteiger charge is 2.12. The number of hydrogen-bond donors (Lipinski definition) is 1. The molecule has 5 heteroatoms. The van der Waals surface area contributed by atoms with Gasteiger partial charge in [0.2, 0.25) is 0 Å². The van der Waals surface area contributed by atoms with Crippen LogP contribution in [-0.4, -0.2) is 26.5 Å². The van der Waals surface area contributed by atoms with E-state index < -0.39 is 0 Å². The number of thioether (sulfide) groups is 1. The second-order valence-electron chi connectivity index (χ2n) is 3.40. The van der Waals surface area contributed by atoms with Crippen LogP contribution in [-0.2, 0) is 0 Å². The zero-order valence-electron chi connectivity index (χ0n) is 10.4. The minimum absolute atomic E-state index is 0.284. The summed E-state index contributed by atoms with van der Waals surface area (Å²) in [4.78, 5) is 1.000. The second kappa shape index (κ2) is 6.26. The van der Waals surface area contributed by atoms with E-state index in [4.69, 9.17) is 14.7 Å². The first-order valence-corrected chi connectivity index (χ1v) is 6.34. The fourth-order valence-corrected chi connectivity index (χ4v) is 1.98. The van der Waals surface area contributed by atoms with Gasteiger partial charge in [-0.3, -0.25) is 0 Å². The van der Waals surface area contributed by atoms with Crippen molar-refractivity contribution in [3.63, 3.8) is 0 Å². The van der Waals surface area contributed by atoms with Crippen molar-refractivity contribution < 1.29 is 9.47 Å². The van der Waals surface area contributed by atoms with Crippen LogP contribution in [0.5, 0.6) is 11.5 Å². The summed E-state index contributed by atoms with van der Waals surface area (Å²) in [6.07, 6.45) is 1.97. The Kier molecular flexibility index (Phi) is 4.98. The van der Waals surface area contributed by atoms with Gasteiger partial charge in [-0.25, -0.2) is 0 Å². The van der Waals surface area contributed by atoms with Crippen molar-refractivity contribution in [2.75, 3.05) is 25.8 Å². The highest BCUT2D eigenvalue weighted by Crippen LogP contribution is 2.37. The van der Waals surface area contributed by atoms with E-state index in [1.54, 1.807) is 32.9 Å². The number of hydrogen-bond acceptors (Lipinski definition) is 5. The number of rotatable bonds is 5. The molecule has 0 aromatic heterocycles. The summed E-state index contributed by atoms with van der Waals surface area (Å²) < 4.78 is 10.6. The third-order valence-electron chi connectivity index (χ3n) is 2.27. The van der Waals surface area contributed by atoms with Gasteiger partial charge in [0.1, 0.15) is 17.5 Å². The van der Waals surface area contributed by atoms with Crippen LogP contribution < -0.4 is 14.8 Å². The molecule has 92 valence electrons. The van der Waals surface area contributed by atoms with E-state index in [1.807, 2.05) is 18.4 Å². The molecule has 0 spiro atoms. The quantitative estimate of drug-likeness (QED) is 0.817. The van der Waals surface area contributed by atoms with Crippen molar-refractivity contribution in [2.45, 2.75) is 17.9 Å². The summed E-state index contributed by atoms with van der Waals surface area (Å²) in [7, 11) is 3.23. The standard InChI is InChI=1S/C12H16N2O2S/c1-8(7-13)14-9-5-11(16-3)12(17-4)6-10(9)15-2/h5-6,8,14H,1-4H3. The van der Waals surface area contributed by atoms with Crippen LogP contribution in [0.4, 0.5) is 5.69 Å². The Morgan fingerprint density at radius 2 is 1.94 bits per heavy atom. The monoisotopic (exact) mass is 252 g/mol. The van der Waals surface area contributed by atoms with Crippen molar-refractivity contribution in [1.82, 2.24) is 0 Å². The minimum atomic E-state index is -0.284. The van der Waals surface area contributed by atoms with Gasteiger partial charge in [-0.1, -0.05) is 0 Å². The molecule has 1 unspecified atom stereocenters. The molecule has 1 aromatic rings. The van der Waals surface area contributed by atoms with Crippen molar-refractivity contribution >= 4 is 17.4 Å². The molecule has 0 bridgehead atoms. The summed E-state index contributed by atoms with van der Waals surface area (Å²) in [6, 6.07) is 5.58. The molecule has 4 nitrogen and oxygen atoms in total. The summed E-state index contributed by atoms with van der Waals surface area (Å²) >= 11 is 1.59. The smallest absolute Gasteiger partial charge is 0.143 e. The molecule has 17 heavy (non-hydrogen) atoms. The highest BCUT2D eigenvalue weighted by atomic mass is 32.2. The van der Waals surface area contributed by atoms with Gasteiger partial charge in [0.25, 0.3) is 0 Å². The van der Waals surface area contributed by atoms with E-state index >= 15 is 0 Å². The molecule has 0 saturated heterocycles. The van der Waals surface area contributed by atoms with Gasteiger partial charge < -0.3 is 14.8 Å². The van der Waals surface area contributed by atoms with Crippen molar-refractivity contribution in [1.29, 1.82) is 5.26 Å². The van der Waals surface area contributed by atoms with Crippen LogP contribution >= 0.6 is 11.8 Å². The van der Waals surface area contributed by atoms with Gasteiger partial charge in [-0.2, -0.15) is 5.26 Å². The summed E-state index contributed by atoms with van der Waals surface area (Å²) in [5, 5.41) is 11.9. The Morgan fingerprint density at radius 3 is 2.41 bits per heavy atom. The van der Waals surface area contributed by atoms with E-state index in [-0.39, 0.29) is 6.04 Å². The number of methoxy groups -OCH3 is 2. The number of nitriles is 1. The zero-order valence-corrected chi connectivity index (χ0v) is 11.2. The molecule has 0 amide bonds. The average Bonchev–Trinajstić information content (AvgIpc) is 2.37. The molecule has 0 aliphatic heterocycles. The number of benzene rings is 1. The molecule has 1 rings (SSSR count). The molecule has 0 saturated carbocycles. The second-order valence-corrected chi connectivity index (χ2v) is 4.25. The van der Waals surface area contributed by atoms with Gasteiger partial charge in [0.05, 0.1) is 30.9 Å². The maximum atomic E-state index is 8.80. The molecule has 1 aromatic carbocycles. The number of anilines is 1. The predicted molar refractivity (Wildman–Crippen MR) is 70.0 cm³/mol. The maximum Gasteiger partial charge on any atom is 0.143 e. The Morgan fingerprint density at radius 1 is 1.29 bits per heavy atom. The number of nitrogens with one attached hydrogen (secondary N) is 1. The van der Waals surface area contributed by atoms with Gasteiger partial charge in [0, 0.05) is 6.07 Å². The van der Waals surface area contributed by atoms with Crippen LogP contribution in [0.15, 0.2) is 17.0 Å². The van der Waals surface area contributed by atoms with Crippen molar-refractivity contribution in [2.24, 2.45) is 0 Å². The summed E-state index contributed by atoms with van der Waals surface area (Å²) in [5.74, 6) is 1.48. The average molecular weight is 252 g/mol. The molecular weight excluding hydrogens is 236 g/mol. The topological polar surface area (TPSA) is 54.3 Å². The lowest BCUT2D eigenvalue weighted by atomic mass is 10.2. The van der Waals surface area contributed by atoms with Crippen LogP contribution in [0.1, 0.15) is 6.92 Å². The Bertz CT molecular complexity index is 429. The van der Waals surface area contributed by atoms with E-state index in [1.165, 1.54) is 0 Å². The fourth-order valence-electron chi connectivity index (χ4n) is 1.41. The lowest BCUT2D eigenvalue weighted by Crippen LogP contribution is -2.13. The number of nitrogens with zero attached hydrogens (tertiary/aromatic N) is 1. The fraction of sp³-hybridized carbons (Fsp3) is 0.417. The third-order valence-corrected chi connectivity index (χ3v) is 3.03. The largest absolute Gasteiger partial charge is 0.496 e. The molecule has 0 aliphatic carbocycles. The van der Waals surface area contributed by atoms with Gasteiger partial charge in [0.15, 0.2) is 0 Å². The van der Waals surface area contributed by atoms with E-state index in [2.05, 4.69) is 11.4 Å². The third kappa shape index (κ3) is 3.21. The normalized spacial score (nSPS) is 11.5. The first kappa shape index (κ1) is 13.5. The first-order valence-electron chi connectivity index (χ1n) is 5.12. The lowest BCUT2D eigenvalue weighted by Gasteiger charge is -2.16. The summed E-state index contributed by atoms with van der Waals surface area (Å²) in [6.45, 7) is 1.79. The van der Waals surface area contributed by atoms with Gasteiger partial charge >= 0.3 is 0 Å². The Hall–Kier alpha value is -1.54. The zero-order chi connectivity index (χ0) is 12.8. The molecule has 1 atom stereocenters. The Labute approximate surface area is 106 Å². The first-order chi connectivity index (χ1) is 8.15. The van der Waals surface area contributed by atoms with Crippen molar-refractivity contribution in [3.8, 4) is 17.6 Å². The Balaban J connectivity index is 3.15. The van der Waals surface area contributed by atoms with Crippen LogP contribution in [0.2, 0.25) is 0 Å². The molecular formula is C12H16N2O2S. The number of ether oxygens (including phenoxy) is 2. The van der Waals surface area contributed by atoms with E-state index in [0.717, 1.165) is 16.3 Å². The molecule has 0 heterocycles. The maximum absolute atomic E-state index is 8.80. The van der Waals surface area contributed by atoms with Gasteiger partial charge in [-0.05, 0) is 19.2 Å². The van der Waals surface area contributed by atoms with Crippen LogP contribution in [0.3, 0.4) is 0 Å². The summed E-state index contributed by atoms with van der Waals surface area (Å²) in [5.41, 5.74) is 0.760. The lowest BCUT2D eigenvalue weighted by molar-refractivity contribution is 0.395. The van der Waals surface area contributed by atoms with Crippen LogP contribution in [0, 0.1) is 11.3 Å². The highest BCUT2D eigenvalue weighted by molar-refractivity contribution is 7.98. The molecule has 0 fully saturated rings. The molecule has 0 aliphatic rings. The van der Waals surface area contributed by atoms with Gasteiger partial charge in [-0.15, -0.1) is 11.8 Å². The van der Waals surface area contributed by atoms with E-state index in [0.29, 0.717) is 5.75 Å². The predicted octanol–water partition coefficient (Wildman–Crippen LogP) is 2.75. The molecule has 0 radical (unpaired) electrons.